The van der Waals surface area contributed by atoms with Gasteiger partial charge >= 0.3 is 0 Å². The minimum absolute atomic E-state index is 0.169. The van der Waals surface area contributed by atoms with Gasteiger partial charge in [-0.15, -0.1) is 0 Å². The highest BCUT2D eigenvalue weighted by Gasteiger charge is 2.08. The van der Waals surface area contributed by atoms with E-state index in [9.17, 15) is 4.39 Å². The van der Waals surface area contributed by atoms with Crippen molar-refractivity contribution >= 4 is 11.6 Å². The Bertz CT molecular complexity index is 301. The molecule has 14 heavy (non-hydrogen) atoms. The predicted molar refractivity (Wildman–Crippen MR) is 58.1 cm³/mol. The normalized spacial score (nSPS) is 12.9. The van der Waals surface area contributed by atoms with E-state index in [1.165, 1.54) is 12.1 Å². The van der Waals surface area contributed by atoms with Crippen LogP contribution in [-0.2, 0) is 0 Å². The van der Waals surface area contributed by atoms with Crippen LogP contribution in [0.25, 0.3) is 0 Å². The molecular formula is C11H15ClFN. The van der Waals surface area contributed by atoms with Gasteiger partial charge in [-0.25, -0.2) is 4.39 Å². The molecule has 0 spiro atoms. The van der Waals surface area contributed by atoms with Gasteiger partial charge in [0.05, 0.1) is 0 Å². The molecule has 1 atom stereocenters. The molecule has 3 heteroatoms. The average molecular weight is 216 g/mol. The topological polar surface area (TPSA) is 12.0 Å². The Kier molecular flexibility index (Phi) is 4.36. The molecule has 1 aromatic rings. The Balaban J connectivity index is 2.74. The van der Waals surface area contributed by atoms with Crippen molar-refractivity contribution in [1.29, 1.82) is 0 Å². The fourth-order valence-electron chi connectivity index (χ4n) is 1.32. The van der Waals surface area contributed by atoms with Crippen molar-refractivity contribution in [2.75, 3.05) is 6.54 Å². The molecule has 78 valence electrons. The van der Waals surface area contributed by atoms with Crippen LogP contribution in [0.4, 0.5) is 4.39 Å². The third-order valence-corrected chi connectivity index (χ3v) is 2.46. The molecule has 0 saturated heterocycles. The first kappa shape index (κ1) is 11.5. The number of nitrogens with one attached hydrogen (secondary N) is 1. The summed E-state index contributed by atoms with van der Waals surface area (Å²) in [4.78, 5) is 0. The van der Waals surface area contributed by atoms with Gasteiger partial charge in [-0.2, -0.15) is 0 Å². The van der Waals surface area contributed by atoms with Gasteiger partial charge in [0.1, 0.15) is 5.82 Å². The lowest BCUT2D eigenvalue weighted by Crippen LogP contribution is -2.19. The van der Waals surface area contributed by atoms with Crippen molar-refractivity contribution in [2.24, 2.45) is 0 Å². The molecule has 0 aliphatic heterocycles. The maximum absolute atomic E-state index is 12.8. The van der Waals surface area contributed by atoms with Gasteiger partial charge < -0.3 is 5.32 Å². The van der Waals surface area contributed by atoms with Crippen molar-refractivity contribution in [1.82, 2.24) is 5.32 Å². The second kappa shape index (κ2) is 5.32. The van der Waals surface area contributed by atoms with Crippen LogP contribution >= 0.6 is 11.6 Å². The molecule has 1 rings (SSSR count). The summed E-state index contributed by atoms with van der Waals surface area (Å²) in [7, 11) is 0. The maximum Gasteiger partial charge on any atom is 0.124 e. The number of rotatable bonds is 4. The van der Waals surface area contributed by atoms with Gasteiger partial charge in [0.2, 0.25) is 0 Å². The highest BCUT2D eigenvalue weighted by molar-refractivity contribution is 6.31. The van der Waals surface area contributed by atoms with Crippen LogP contribution in [0, 0.1) is 5.82 Å². The molecule has 0 bridgehead atoms. The lowest BCUT2D eigenvalue weighted by molar-refractivity contribution is 0.568. The summed E-state index contributed by atoms with van der Waals surface area (Å²) >= 11 is 5.92. The van der Waals surface area contributed by atoms with Crippen molar-refractivity contribution in [3.63, 3.8) is 0 Å². The van der Waals surface area contributed by atoms with Gasteiger partial charge in [-0.3, -0.25) is 0 Å². The Morgan fingerprint density at radius 2 is 2.21 bits per heavy atom. The SMILES string of the molecule is CCCN[C@@H](C)c1ccc(F)cc1Cl. The summed E-state index contributed by atoms with van der Waals surface area (Å²) in [5.41, 5.74) is 0.946. The molecule has 0 aliphatic carbocycles. The Morgan fingerprint density at radius 3 is 2.79 bits per heavy atom. The van der Waals surface area contributed by atoms with Crippen LogP contribution in [0.2, 0.25) is 5.02 Å². The zero-order chi connectivity index (χ0) is 10.6. The zero-order valence-electron chi connectivity index (χ0n) is 8.48. The Hall–Kier alpha value is -0.600. The minimum Gasteiger partial charge on any atom is -0.310 e. The van der Waals surface area contributed by atoms with E-state index >= 15 is 0 Å². The Labute approximate surface area is 89.3 Å². The third-order valence-electron chi connectivity index (χ3n) is 2.13. The van der Waals surface area contributed by atoms with Gasteiger partial charge in [0, 0.05) is 11.1 Å². The molecule has 0 aromatic heterocycles. The molecule has 0 radical (unpaired) electrons. The lowest BCUT2D eigenvalue weighted by Gasteiger charge is -2.14. The van der Waals surface area contributed by atoms with E-state index in [2.05, 4.69) is 12.2 Å². The van der Waals surface area contributed by atoms with Gasteiger partial charge in [0.25, 0.3) is 0 Å². The molecule has 0 aliphatic rings. The largest absolute Gasteiger partial charge is 0.310 e. The number of benzene rings is 1. The van der Waals surface area contributed by atoms with Crippen LogP contribution in [-0.4, -0.2) is 6.54 Å². The molecular weight excluding hydrogens is 201 g/mol. The first-order valence-corrected chi connectivity index (χ1v) is 5.21. The molecule has 0 unspecified atom stereocenters. The van der Waals surface area contributed by atoms with Crippen LogP contribution < -0.4 is 5.32 Å². The second-order valence-corrected chi connectivity index (χ2v) is 3.75. The number of hydrogen-bond acceptors (Lipinski definition) is 1. The number of hydrogen-bond donors (Lipinski definition) is 1. The summed E-state index contributed by atoms with van der Waals surface area (Å²) in [6.07, 6.45) is 1.07. The average Bonchev–Trinajstić information content (AvgIpc) is 2.14. The fourth-order valence-corrected chi connectivity index (χ4v) is 1.65. The van der Waals surface area contributed by atoms with Crippen LogP contribution in [0.1, 0.15) is 31.9 Å². The molecule has 0 fully saturated rings. The summed E-state index contributed by atoms with van der Waals surface area (Å²) in [6, 6.07) is 4.68. The summed E-state index contributed by atoms with van der Waals surface area (Å²) in [5.74, 6) is -0.290. The van der Waals surface area contributed by atoms with Crippen LogP contribution in [0.15, 0.2) is 18.2 Å². The molecule has 0 amide bonds. The van der Waals surface area contributed by atoms with Crippen LogP contribution in [0.5, 0.6) is 0 Å². The van der Waals surface area contributed by atoms with E-state index in [0.29, 0.717) is 5.02 Å². The maximum atomic E-state index is 12.8. The lowest BCUT2D eigenvalue weighted by atomic mass is 10.1. The van der Waals surface area contributed by atoms with Crippen LogP contribution in [0.3, 0.4) is 0 Å². The van der Waals surface area contributed by atoms with E-state index in [1.807, 2.05) is 6.92 Å². The molecule has 0 heterocycles. The second-order valence-electron chi connectivity index (χ2n) is 3.34. The van der Waals surface area contributed by atoms with Crippen molar-refractivity contribution in [3.05, 3.63) is 34.6 Å². The Morgan fingerprint density at radius 1 is 1.50 bits per heavy atom. The summed E-state index contributed by atoms with van der Waals surface area (Å²) in [5, 5.41) is 3.79. The first-order chi connectivity index (χ1) is 6.65. The van der Waals surface area contributed by atoms with Gasteiger partial charge in [0.15, 0.2) is 0 Å². The van der Waals surface area contributed by atoms with E-state index in [4.69, 9.17) is 11.6 Å². The van der Waals surface area contributed by atoms with Gasteiger partial charge in [-0.1, -0.05) is 24.6 Å². The smallest absolute Gasteiger partial charge is 0.124 e. The highest BCUT2D eigenvalue weighted by Crippen LogP contribution is 2.23. The summed E-state index contributed by atoms with van der Waals surface area (Å²) in [6.45, 7) is 5.07. The molecule has 1 nitrogen and oxygen atoms in total. The predicted octanol–water partition coefficient (Wildman–Crippen LogP) is 3.54. The monoisotopic (exact) mass is 215 g/mol. The standard InChI is InChI=1S/C11H15ClFN/c1-3-6-14-8(2)10-5-4-9(13)7-11(10)12/h4-5,7-8,14H,3,6H2,1-2H3/t8-/m0/s1. The highest BCUT2D eigenvalue weighted by atomic mass is 35.5. The van der Waals surface area contributed by atoms with E-state index in [-0.39, 0.29) is 11.9 Å². The molecule has 1 N–H and O–H groups in total. The van der Waals surface area contributed by atoms with E-state index in [0.717, 1.165) is 18.5 Å². The summed E-state index contributed by atoms with van der Waals surface area (Å²) < 4.78 is 12.8. The molecule has 0 saturated carbocycles. The van der Waals surface area contributed by atoms with Crippen molar-refractivity contribution in [2.45, 2.75) is 26.3 Å². The van der Waals surface area contributed by atoms with E-state index in [1.54, 1.807) is 6.07 Å². The van der Waals surface area contributed by atoms with Gasteiger partial charge in [-0.05, 0) is 37.6 Å². The zero-order valence-corrected chi connectivity index (χ0v) is 9.24. The van der Waals surface area contributed by atoms with E-state index < -0.39 is 0 Å². The third kappa shape index (κ3) is 2.96. The fraction of sp³-hybridized carbons (Fsp3) is 0.455. The van der Waals surface area contributed by atoms with Crippen molar-refractivity contribution in [3.8, 4) is 0 Å². The molecule has 1 aromatic carbocycles. The minimum atomic E-state index is -0.290. The first-order valence-electron chi connectivity index (χ1n) is 4.83. The van der Waals surface area contributed by atoms with Crippen molar-refractivity contribution < 1.29 is 4.39 Å². The quantitative estimate of drug-likeness (QED) is 0.810. The number of halogens is 2.